The lowest BCUT2D eigenvalue weighted by atomic mass is 10.1. The number of hydrogen-bond donors (Lipinski definition) is 1. The van der Waals surface area contributed by atoms with Gasteiger partial charge in [0, 0.05) is 24.3 Å². The lowest BCUT2D eigenvalue weighted by Crippen LogP contribution is -2.28. The number of rotatable bonds is 5. The molecular formula is C14H22N2. The van der Waals surface area contributed by atoms with Crippen LogP contribution in [0.1, 0.15) is 44.7 Å². The van der Waals surface area contributed by atoms with Crippen molar-refractivity contribution >= 4 is 5.69 Å². The maximum Gasteiger partial charge on any atom is 0.0417 e. The number of nitrogens with two attached hydrogens (primary N) is 1. The van der Waals surface area contributed by atoms with Gasteiger partial charge in [0.25, 0.3) is 0 Å². The summed E-state index contributed by atoms with van der Waals surface area (Å²) in [7, 11) is 0. The molecular weight excluding hydrogens is 196 g/mol. The molecule has 0 saturated heterocycles. The summed E-state index contributed by atoms with van der Waals surface area (Å²) < 4.78 is 0. The van der Waals surface area contributed by atoms with E-state index in [0.717, 1.165) is 12.6 Å². The molecule has 0 heterocycles. The summed E-state index contributed by atoms with van der Waals surface area (Å²) in [6, 6.07) is 9.46. The summed E-state index contributed by atoms with van der Waals surface area (Å²) in [4.78, 5) is 2.54. The lowest BCUT2D eigenvalue weighted by molar-refractivity contribution is 0.740. The van der Waals surface area contributed by atoms with Crippen molar-refractivity contribution in [3.8, 4) is 0 Å². The van der Waals surface area contributed by atoms with Gasteiger partial charge < -0.3 is 10.6 Å². The largest absolute Gasteiger partial charge is 0.368 e. The number of anilines is 1. The van der Waals surface area contributed by atoms with Crippen LogP contribution in [-0.2, 0) is 0 Å². The van der Waals surface area contributed by atoms with Gasteiger partial charge in [-0.25, -0.2) is 0 Å². The van der Waals surface area contributed by atoms with Crippen molar-refractivity contribution in [1.29, 1.82) is 0 Å². The summed E-state index contributed by atoms with van der Waals surface area (Å²) in [6.07, 6.45) is 3.88. The second kappa shape index (κ2) is 4.88. The van der Waals surface area contributed by atoms with Crippen molar-refractivity contribution in [1.82, 2.24) is 0 Å². The fourth-order valence-corrected chi connectivity index (χ4v) is 2.26. The minimum absolute atomic E-state index is 0.120. The van der Waals surface area contributed by atoms with Crippen LogP contribution in [0.5, 0.6) is 0 Å². The summed E-state index contributed by atoms with van der Waals surface area (Å²) in [5.74, 6) is 0. The molecule has 1 saturated carbocycles. The van der Waals surface area contributed by atoms with Crippen LogP contribution in [0.25, 0.3) is 0 Å². The van der Waals surface area contributed by atoms with Crippen molar-refractivity contribution in [2.24, 2.45) is 5.73 Å². The zero-order valence-corrected chi connectivity index (χ0v) is 10.3. The van der Waals surface area contributed by atoms with Crippen molar-refractivity contribution in [3.63, 3.8) is 0 Å². The zero-order chi connectivity index (χ0) is 11.5. The van der Waals surface area contributed by atoms with Gasteiger partial charge in [-0.05, 0) is 37.8 Å². The molecule has 16 heavy (non-hydrogen) atoms. The third-order valence-corrected chi connectivity index (χ3v) is 3.19. The third-order valence-electron chi connectivity index (χ3n) is 3.19. The Labute approximate surface area is 98.4 Å². The molecule has 1 aromatic rings. The van der Waals surface area contributed by atoms with E-state index in [0.29, 0.717) is 0 Å². The number of para-hydroxylation sites is 1. The fourth-order valence-electron chi connectivity index (χ4n) is 2.26. The Morgan fingerprint density at radius 2 is 2.06 bits per heavy atom. The molecule has 0 radical (unpaired) electrons. The maximum absolute atomic E-state index is 6.04. The molecule has 0 aliphatic heterocycles. The lowest BCUT2D eigenvalue weighted by Gasteiger charge is -2.27. The first-order valence-corrected chi connectivity index (χ1v) is 6.35. The van der Waals surface area contributed by atoms with E-state index in [2.05, 4.69) is 43.0 Å². The topological polar surface area (TPSA) is 29.3 Å². The van der Waals surface area contributed by atoms with Gasteiger partial charge in [-0.2, -0.15) is 0 Å². The number of hydrogen-bond acceptors (Lipinski definition) is 2. The molecule has 1 aromatic carbocycles. The van der Waals surface area contributed by atoms with Crippen LogP contribution in [0.3, 0.4) is 0 Å². The first kappa shape index (κ1) is 11.5. The molecule has 88 valence electrons. The minimum Gasteiger partial charge on any atom is -0.368 e. The Bertz CT molecular complexity index is 342. The first-order valence-electron chi connectivity index (χ1n) is 6.35. The van der Waals surface area contributed by atoms with Crippen molar-refractivity contribution in [2.75, 3.05) is 11.4 Å². The van der Waals surface area contributed by atoms with Gasteiger partial charge in [0.15, 0.2) is 0 Å². The van der Waals surface area contributed by atoms with Crippen LogP contribution >= 0.6 is 0 Å². The fraction of sp³-hybridized carbons (Fsp3) is 0.571. The van der Waals surface area contributed by atoms with Crippen molar-refractivity contribution in [3.05, 3.63) is 29.8 Å². The van der Waals surface area contributed by atoms with Gasteiger partial charge >= 0.3 is 0 Å². The summed E-state index contributed by atoms with van der Waals surface area (Å²) in [6.45, 7) is 5.45. The van der Waals surface area contributed by atoms with Crippen LogP contribution in [0, 0.1) is 0 Å². The molecule has 2 rings (SSSR count). The van der Waals surface area contributed by atoms with Gasteiger partial charge in [-0.1, -0.05) is 25.1 Å². The molecule has 1 fully saturated rings. The van der Waals surface area contributed by atoms with Crippen LogP contribution in [-0.4, -0.2) is 12.6 Å². The smallest absolute Gasteiger partial charge is 0.0417 e. The Balaban J connectivity index is 2.28. The van der Waals surface area contributed by atoms with E-state index in [9.17, 15) is 0 Å². The van der Waals surface area contributed by atoms with E-state index in [-0.39, 0.29) is 6.04 Å². The summed E-state index contributed by atoms with van der Waals surface area (Å²) >= 11 is 0. The van der Waals surface area contributed by atoms with Gasteiger partial charge in [-0.15, -0.1) is 0 Å². The average molecular weight is 218 g/mol. The third kappa shape index (κ3) is 2.38. The van der Waals surface area contributed by atoms with Crippen LogP contribution in [0.2, 0.25) is 0 Å². The zero-order valence-electron chi connectivity index (χ0n) is 10.3. The molecule has 1 atom stereocenters. The predicted molar refractivity (Wildman–Crippen MR) is 69.7 cm³/mol. The molecule has 2 heteroatoms. The monoisotopic (exact) mass is 218 g/mol. The van der Waals surface area contributed by atoms with E-state index < -0.39 is 0 Å². The second-order valence-corrected chi connectivity index (χ2v) is 4.77. The Hall–Kier alpha value is -1.02. The summed E-state index contributed by atoms with van der Waals surface area (Å²) in [5, 5.41) is 0. The first-order chi connectivity index (χ1) is 7.74. The quantitative estimate of drug-likeness (QED) is 0.823. The van der Waals surface area contributed by atoms with E-state index in [1.54, 1.807) is 0 Å². The molecule has 0 unspecified atom stereocenters. The maximum atomic E-state index is 6.04. The molecule has 0 bridgehead atoms. The molecule has 2 nitrogen and oxygen atoms in total. The normalized spacial score (nSPS) is 17.2. The van der Waals surface area contributed by atoms with Crippen LogP contribution in [0.4, 0.5) is 5.69 Å². The number of benzene rings is 1. The van der Waals surface area contributed by atoms with E-state index in [1.807, 2.05) is 0 Å². The molecule has 2 N–H and O–H groups in total. The highest BCUT2D eigenvalue weighted by atomic mass is 15.2. The highest BCUT2D eigenvalue weighted by Crippen LogP contribution is 2.35. The van der Waals surface area contributed by atoms with Crippen molar-refractivity contribution < 1.29 is 0 Å². The molecule has 0 spiro atoms. The van der Waals surface area contributed by atoms with E-state index >= 15 is 0 Å². The van der Waals surface area contributed by atoms with Crippen LogP contribution < -0.4 is 10.6 Å². The average Bonchev–Trinajstić information content (AvgIpc) is 3.10. The standard InChI is InChI=1S/C14H22N2/c1-3-10-16(12-8-9-12)14-7-5-4-6-13(14)11(2)15/h4-7,11-12H,3,8-10,15H2,1-2H3/t11-/m0/s1. The molecule has 1 aliphatic rings. The summed E-state index contributed by atoms with van der Waals surface area (Å²) in [5.41, 5.74) is 8.67. The van der Waals surface area contributed by atoms with Gasteiger partial charge in [0.05, 0.1) is 0 Å². The van der Waals surface area contributed by atoms with Crippen LogP contribution in [0.15, 0.2) is 24.3 Å². The van der Waals surface area contributed by atoms with Gasteiger partial charge in [-0.3, -0.25) is 0 Å². The highest BCUT2D eigenvalue weighted by Gasteiger charge is 2.29. The molecule has 0 aromatic heterocycles. The Kier molecular flexibility index (Phi) is 3.49. The molecule has 1 aliphatic carbocycles. The van der Waals surface area contributed by atoms with E-state index in [4.69, 9.17) is 5.73 Å². The van der Waals surface area contributed by atoms with Crippen molar-refractivity contribution in [2.45, 2.75) is 45.2 Å². The second-order valence-electron chi connectivity index (χ2n) is 4.77. The SMILES string of the molecule is CCCN(c1ccccc1[C@H](C)N)C1CC1. The minimum atomic E-state index is 0.120. The highest BCUT2D eigenvalue weighted by molar-refractivity contribution is 5.56. The van der Waals surface area contributed by atoms with Gasteiger partial charge in [0.1, 0.15) is 0 Å². The Morgan fingerprint density at radius 3 is 2.62 bits per heavy atom. The van der Waals surface area contributed by atoms with E-state index in [1.165, 1.54) is 30.5 Å². The number of nitrogens with zero attached hydrogens (tertiary/aromatic N) is 1. The predicted octanol–water partition coefficient (Wildman–Crippen LogP) is 3.09. The van der Waals surface area contributed by atoms with Gasteiger partial charge in [0.2, 0.25) is 0 Å². The molecule has 0 amide bonds. The Morgan fingerprint density at radius 1 is 1.38 bits per heavy atom.